The molecule has 0 aliphatic heterocycles. The van der Waals surface area contributed by atoms with Crippen molar-refractivity contribution in [3.8, 4) is 5.69 Å². The molecule has 0 N–H and O–H groups in total. The molecule has 1 aromatic carbocycles. The summed E-state index contributed by atoms with van der Waals surface area (Å²) < 4.78 is 0. The summed E-state index contributed by atoms with van der Waals surface area (Å²) in [6.45, 7) is 1.94. The smallest absolute Gasteiger partial charge is 0.152 e. The molecule has 0 aliphatic rings. The minimum absolute atomic E-state index is 0.598. The zero-order valence-corrected chi connectivity index (χ0v) is 7.71. The Bertz CT molecular complexity index is 448. The Morgan fingerprint density at radius 3 is 2.64 bits per heavy atom. The van der Waals surface area contributed by atoms with Crippen LogP contribution in [0.3, 0.4) is 0 Å². The summed E-state index contributed by atoms with van der Waals surface area (Å²) in [5.41, 5.74) is 2.35. The maximum Gasteiger partial charge on any atom is 0.152 e. The second-order valence-electron chi connectivity index (χ2n) is 3.00. The third-order valence-electron chi connectivity index (χ3n) is 1.94. The fraction of sp³-hybridized carbons (Fsp3) is 0.100. The van der Waals surface area contributed by atoms with E-state index in [2.05, 4.69) is 10.2 Å². The summed E-state index contributed by atoms with van der Waals surface area (Å²) in [6.07, 6.45) is 3.97. The van der Waals surface area contributed by atoms with E-state index < -0.39 is 0 Å². The summed E-state index contributed by atoms with van der Waals surface area (Å²) in [6, 6.07) is 5.57. The van der Waals surface area contributed by atoms with Gasteiger partial charge in [-0.15, -0.1) is 0 Å². The third-order valence-corrected chi connectivity index (χ3v) is 1.94. The molecule has 0 aliphatic carbocycles. The molecule has 2 aromatic rings. The fourth-order valence-electron chi connectivity index (χ4n) is 1.29. The standard InChI is InChI=1S/C10H9N3O/c1-8-2-3-10(9(6-8)7-14)13-11-4-5-12-13/h2-7H,1H3. The number of aldehydes is 1. The molecular weight excluding hydrogens is 178 g/mol. The number of nitrogens with zero attached hydrogens (tertiary/aromatic N) is 3. The van der Waals surface area contributed by atoms with Gasteiger partial charge in [-0.2, -0.15) is 15.0 Å². The van der Waals surface area contributed by atoms with Gasteiger partial charge in [-0.25, -0.2) is 0 Å². The van der Waals surface area contributed by atoms with Crippen LogP contribution in [-0.4, -0.2) is 21.3 Å². The first-order chi connectivity index (χ1) is 6.81. The number of aryl methyl sites for hydroxylation is 1. The lowest BCUT2D eigenvalue weighted by Crippen LogP contribution is -2.02. The number of hydrogen-bond acceptors (Lipinski definition) is 3. The first-order valence-electron chi connectivity index (χ1n) is 4.24. The first kappa shape index (κ1) is 8.62. The van der Waals surface area contributed by atoms with E-state index in [1.165, 1.54) is 4.80 Å². The molecule has 70 valence electrons. The highest BCUT2D eigenvalue weighted by Gasteiger charge is 2.04. The molecule has 4 heteroatoms. The van der Waals surface area contributed by atoms with E-state index in [0.717, 1.165) is 11.8 Å². The molecule has 1 heterocycles. The maximum absolute atomic E-state index is 10.8. The predicted octanol–water partition coefficient (Wildman–Crippen LogP) is 1.39. The van der Waals surface area contributed by atoms with Crippen molar-refractivity contribution in [2.24, 2.45) is 0 Å². The number of hydrogen-bond donors (Lipinski definition) is 0. The minimum Gasteiger partial charge on any atom is -0.298 e. The number of carbonyl (C=O) groups excluding carboxylic acids is 1. The highest BCUT2D eigenvalue weighted by atomic mass is 16.1. The van der Waals surface area contributed by atoms with Gasteiger partial charge >= 0.3 is 0 Å². The Kier molecular flexibility index (Phi) is 2.10. The first-order valence-corrected chi connectivity index (χ1v) is 4.24. The molecule has 0 atom stereocenters. The van der Waals surface area contributed by atoms with Gasteiger partial charge in [0, 0.05) is 5.56 Å². The van der Waals surface area contributed by atoms with Gasteiger partial charge in [0.2, 0.25) is 0 Å². The van der Waals surface area contributed by atoms with E-state index in [-0.39, 0.29) is 0 Å². The Morgan fingerprint density at radius 1 is 1.29 bits per heavy atom. The number of aromatic nitrogens is 3. The number of benzene rings is 1. The van der Waals surface area contributed by atoms with Crippen molar-refractivity contribution in [2.45, 2.75) is 6.92 Å². The van der Waals surface area contributed by atoms with Crippen LogP contribution < -0.4 is 0 Å². The largest absolute Gasteiger partial charge is 0.298 e. The molecule has 1 aromatic heterocycles. The summed E-state index contributed by atoms with van der Waals surface area (Å²) in [5.74, 6) is 0. The zero-order chi connectivity index (χ0) is 9.97. The third kappa shape index (κ3) is 1.42. The highest BCUT2D eigenvalue weighted by molar-refractivity contribution is 5.80. The van der Waals surface area contributed by atoms with Crippen LogP contribution in [0.25, 0.3) is 5.69 Å². The molecule has 0 bridgehead atoms. The Labute approximate surface area is 81.2 Å². The quantitative estimate of drug-likeness (QED) is 0.667. The maximum atomic E-state index is 10.8. The Balaban J connectivity index is 2.58. The van der Waals surface area contributed by atoms with Crippen LogP contribution in [0, 0.1) is 6.92 Å². The van der Waals surface area contributed by atoms with Gasteiger partial charge < -0.3 is 0 Å². The van der Waals surface area contributed by atoms with Crippen molar-refractivity contribution in [2.75, 3.05) is 0 Å². The van der Waals surface area contributed by atoms with Crippen LogP contribution >= 0.6 is 0 Å². The van der Waals surface area contributed by atoms with Crippen LogP contribution in [-0.2, 0) is 0 Å². The number of carbonyl (C=O) groups is 1. The van der Waals surface area contributed by atoms with Gasteiger partial charge in [0.15, 0.2) is 6.29 Å². The molecule has 0 spiro atoms. The molecule has 0 amide bonds. The van der Waals surface area contributed by atoms with Gasteiger partial charge in [-0.3, -0.25) is 4.79 Å². The van der Waals surface area contributed by atoms with E-state index in [1.807, 2.05) is 25.1 Å². The monoisotopic (exact) mass is 187 g/mol. The average Bonchev–Trinajstić information content (AvgIpc) is 2.70. The lowest BCUT2D eigenvalue weighted by atomic mass is 10.1. The van der Waals surface area contributed by atoms with Gasteiger partial charge in [0.25, 0.3) is 0 Å². The second kappa shape index (κ2) is 3.41. The normalized spacial score (nSPS) is 10.1. The van der Waals surface area contributed by atoms with E-state index in [9.17, 15) is 4.79 Å². The SMILES string of the molecule is Cc1ccc(-n2nccn2)c(C=O)c1. The molecule has 14 heavy (non-hydrogen) atoms. The summed E-state index contributed by atoms with van der Waals surface area (Å²) in [4.78, 5) is 12.2. The Hall–Kier alpha value is -1.97. The summed E-state index contributed by atoms with van der Waals surface area (Å²) in [5, 5.41) is 7.94. The van der Waals surface area contributed by atoms with Gasteiger partial charge in [-0.1, -0.05) is 11.6 Å². The average molecular weight is 187 g/mol. The van der Waals surface area contributed by atoms with Crippen molar-refractivity contribution >= 4 is 6.29 Å². The van der Waals surface area contributed by atoms with E-state index in [4.69, 9.17) is 0 Å². The van der Waals surface area contributed by atoms with Crippen LogP contribution in [0.2, 0.25) is 0 Å². The molecule has 0 saturated heterocycles. The van der Waals surface area contributed by atoms with Crippen LogP contribution in [0.15, 0.2) is 30.6 Å². The molecule has 0 fully saturated rings. The number of rotatable bonds is 2. The van der Waals surface area contributed by atoms with Crippen molar-refractivity contribution < 1.29 is 4.79 Å². The van der Waals surface area contributed by atoms with Crippen molar-refractivity contribution in [1.29, 1.82) is 0 Å². The lowest BCUT2D eigenvalue weighted by molar-refractivity contribution is 0.112. The summed E-state index contributed by atoms with van der Waals surface area (Å²) >= 11 is 0. The molecule has 4 nitrogen and oxygen atoms in total. The Morgan fingerprint density at radius 2 is 2.00 bits per heavy atom. The van der Waals surface area contributed by atoms with E-state index in [1.54, 1.807) is 12.4 Å². The highest BCUT2D eigenvalue weighted by Crippen LogP contribution is 2.12. The van der Waals surface area contributed by atoms with Gasteiger partial charge in [0.05, 0.1) is 18.1 Å². The van der Waals surface area contributed by atoms with Crippen LogP contribution in [0.4, 0.5) is 0 Å². The second-order valence-corrected chi connectivity index (χ2v) is 3.00. The van der Waals surface area contributed by atoms with E-state index in [0.29, 0.717) is 11.3 Å². The molecule has 0 unspecified atom stereocenters. The molecule has 2 rings (SSSR count). The van der Waals surface area contributed by atoms with Gasteiger partial charge in [-0.05, 0) is 19.1 Å². The minimum atomic E-state index is 0.598. The fourth-order valence-corrected chi connectivity index (χ4v) is 1.29. The van der Waals surface area contributed by atoms with Crippen LogP contribution in [0.1, 0.15) is 15.9 Å². The van der Waals surface area contributed by atoms with Crippen LogP contribution in [0.5, 0.6) is 0 Å². The van der Waals surface area contributed by atoms with E-state index >= 15 is 0 Å². The molecule has 0 radical (unpaired) electrons. The van der Waals surface area contributed by atoms with Crippen molar-refractivity contribution in [1.82, 2.24) is 15.0 Å². The molecule has 0 saturated carbocycles. The summed E-state index contributed by atoms with van der Waals surface area (Å²) in [7, 11) is 0. The van der Waals surface area contributed by atoms with Crippen molar-refractivity contribution in [3.05, 3.63) is 41.7 Å². The lowest BCUT2D eigenvalue weighted by Gasteiger charge is -2.03. The molecular formula is C10H9N3O. The zero-order valence-electron chi connectivity index (χ0n) is 7.71. The topological polar surface area (TPSA) is 47.8 Å². The van der Waals surface area contributed by atoms with Crippen molar-refractivity contribution in [3.63, 3.8) is 0 Å². The van der Waals surface area contributed by atoms with Gasteiger partial charge in [0.1, 0.15) is 0 Å². The predicted molar refractivity (Wildman–Crippen MR) is 51.5 cm³/mol.